The molecule has 16 rings (SSSR count). The summed E-state index contributed by atoms with van der Waals surface area (Å²) in [5.74, 6) is 0. The minimum atomic E-state index is -0.122. The van der Waals surface area contributed by atoms with Crippen LogP contribution < -0.4 is 4.90 Å². The molecule has 0 aliphatic heterocycles. The van der Waals surface area contributed by atoms with Crippen LogP contribution >= 0.6 is 0 Å². The number of hydrogen-bond donors (Lipinski definition) is 0. The van der Waals surface area contributed by atoms with Crippen LogP contribution in [-0.4, -0.2) is 4.57 Å². The minimum absolute atomic E-state index is 0.122. The van der Waals surface area contributed by atoms with E-state index in [4.69, 9.17) is 0 Å². The van der Waals surface area contributed by atoms with E-state index in [2.05, 4.69) is 327 Å². The molecule has 0 saturated carbocycles. The Labute approximate surface area is 484 Å². The summed E-state index contributed by atoms with van der Waals surface area (Å²) < 4.78 is 2.45. The van der Waals surface area contributed by atoms with Crippen LogP contribution in [0.3, 0.4) is 0 Å². The van der Waals surface area contributed by atoms with Gasteiger partial charge in [0.05, 0.1) is 11.0 Å². The monoisotopic (exact) mass is 1060 g/mol. The molecule has 0 N–H and O–H groups in total. The van der Waals surface area contributed by atoms with Gasteiger partial charge in [-0.25, -0.2) is 0 Å². The van der Waals surface area contributed by atoms with Crippen LogP contribution in [0.1, 0.15) is 25.0 Å². The van der Waals surface area contributed by atoms with Crippen molar-refractivity contribution in [3.8, 4) is 72.4 Å². The molecule has 0 fully saturated rings. The maximum atomic E-state index is 2.45. The maximum absolute atomic E-state index is 2.45. The summed E-state index contributed by atoms with van der Waals surface area (Å²) in [5, 5.41) is 9.90. The Balaban J connectivity index is 0.792. The van der Waals surface area contributed by atoms with Crippen LogP contribution in [0.5, 0.6) is 0 Å². The molecular weight excluding hydrogens is 1000 g/mol. The average Bonchev–Trinajstić information content (AvgIpc) is 3.29. The van der Waals surface area contributed by atoms with Gasteiger partial charge in [0.1, 0.15) is 0 Å². The molecule has 1 aromatic heterocycles. The standard InChI is InChI=1S/C81H56N2/c1-81(2)76-34-12-10-28-69(76)70-46-45-63(52-77(70)81)82(60-41-36-54(37-42-60)53-18-4-3-5-19-53)61-43-38-55(39-44-61)58-40-49-79-75(51-58)71-29-11-13-35-78(71)83(79)62-25-14-24-59(50-62)66-47-48-74(68-31-16-23-57-21-7-9-27-65(57)68)80-72(66)32-17-33-73(80)67-30-15-22-56-20-6-8-26-64(56)67/h3-52H,1-2H3. The molecule has 15 aromatic rings. The zero-order chi connectivity index (χ0) is 55.2. The van der Waals surface area contributed by atoms with E-state index in [1.807, 2.05) is 0 Å². The van der Waals surface area contributed by atoms with Gasteiger partial charge in [0.15, 0.2) is 0 Å². The topological polar surface area (TPSA) is 8.17 Å². The number of para-hydroxylation sites is 1. The summed E-state index contributed by atoms with van der Waals surface area (Å²) in [7, 11) is 0. The first-order valence-corrected chi connectivity index (χ1v) is 28.9. The van der Waals surface area contributed by atoms with Gasteiger partial charge in [-0.2, -0.15) is 0 Å². The molecule has 2 nitrogen and oxygen atoms in total. The molecule has 1 heterocycles. The van der Waals surface area contributed by atoms with E-state index in [9.17, 15) is 0 Å². The fourth-order valence-electron chi connectivity index (χ4n) is 13.8. The molecule has 1 aliphatic rings. The van der Waals surface area contributed by atoms with Crippen molar-refractivity contribution in [1.29, 1.82) is 0 Å². The number of aromatic nitrogens is 1. The Morgan fingerprint density at radius 3 is 1.47 bits per heavy atom. The highest BCUT2D eigenvalue weighted by Gasteiger charge is 2.36. The third kappa shape index (κ3) is 7.93. The summed E-state index contributed by atoms with van der Waals surface area (Å²) in [4.78, 5) is 2.41. The number of nitrogens with zero attached hydrogens (tertiary/aromatic N) is 2. The molecule has 0 atom stereocenters. The second kappa shape index (κ2) is 19.3. The van der Waals surface area contributed by atoms with Gasteiger partial charge in [-0.05, 0) is 177 Å². The molecule has 390 valence electrons. The largest absolute Gasteiger partial charge is 0.310 e. The Bertz CT molecular complexity index is 4950. The fourth-order valence-corrected chi connectivity index (χ4v) is 13.8. The molecule has 0 bridgehead atoms. The summed E-state index contributed by atoms with van der Waals surface area (Å²) in [6.45, 7) is 4.72. The molecule has 14 aromatic carbocycles. The molecule has 0 saturated heterocycles. The number of anilines is 3. The summed E-state index contributed by atoms with van der Waals surface area (Å²) in [6.07, 6.45) is 0. The molecular formula is C81H56N2. The average molecular weight is 1060 g/mol. The van der Waals surface area contributed by atoms with E-state index in [-0.39, 0.29) is 5.41 Å². The van der Waals surface area contributed by atoms with Crippen LogP contribution in [0.4, 0.5) is 17.1 Å². The normalized spacial score (nSPS) is 12.6. The fraction of sp³-hybridized carbons (Fsp3) is 0.0370. The third-order valence-corrected chi connectivity index (χ3v) is 17.8. The molecule has 0 amide bonds. The highest BCUT2D eigenvalue weighted by atomic mass is 15.1. The van der Waals surface area contributed by atoms with Crippen molar-refractivity contribution in [1.82, 2.24) is 4.57 Å². The predicted molar refractivity (Wildman–Crippen MR) is 353 cm³/mol. The summed E-state index contributed by atoms with van der Waals surface area (Å²) in [6, 6.07) is 112. The van der Waals surface area contributed by atoms with Crippen LogP contribution in [0.15, 0.2) is 303 Å². The van der Waals surface area contributed by atoms with E-state index in [1.54, 1.807) is 0 Å². The smallest absolute Gasteiger partial charge is 0.0541 e. The van der Waals surface area contributed by atoms with Crippen molar-refractivity contribution in [3.05, 3.63) is 314 Å². The molecule has 2 heteroatoms. The van der Waals surface area contributed by atoms with E-state index < -0.39 is 0 Å². The molecule has 0 unspecified atom stereocenters. The predicted octanol–water partition coefficient (Wildman–Crippen LogP) is 22.4. The van der Waals surface area contributed by atoms with Crippen molar-refractivity contribution in [2.24, 2.45) is 0 Å². The number of hydrogen-bond acceptors (Lipinski definition) is 1. The Morgan fingerprint density at radius 2 is 0.735 bits per heavy atom. The highest BCUT2D eigenvalue weighted by Crippen LogP contribution is 2.51. The first-order valence-electron chi connectivity index (χ1n) is 28.9. The van der Waals surface area contributed by atoms with Gasteiger partial charge in [-0.3, -0.25) is 0 Å². The van der Waals surface area contributed by atoms with Crippen molar-refractivity contribution in [2.75, 3.05) is 4.90 Å². The lowest BCUT2D eigenvalue weighted by Crippen LogP contribution is -2.16. The summed E-state index contributed by atoms with van der Waals surface area (Å²) >= 11 is 0. The number of benzene rings is 14. The highest BCUT2D eigenvalue weighted by molar-refractivity contribution is 6.17. The maximum Gasteiger partial charge on any atom is 0.0541 e. The van der Waals surface area contributed by atoms with E-state index in [1.165, 1.54) is 132 Å². The molecule has 0 spiro atoms. The second-order valence-electron chi connectivity index (χ2n) is 22.8. The van der Waals surface area contributed by atoms with Crippen molar-refractivity contribution >= 4 is 71.2 Å². The van der Waals surface area contributed by atoms with Crippen molar-refractivity contribution < 1.29 is 0 Å². The van der Waals surface area contributed by atoms with Crippen molar-refractivity contribution in [2.45, 2.75) is 19.3 Å². The van der Waals surface area contributed by atoms with Crippen LogP contribution in [0, 0.1) is 0 Å². The molecule has 83 heavy (non-hydrogen) atoms. The number of rotatable bonds is 9. The second-order valence-corrected chi connectivity index (χ2v) is 22.8. The lowest BCUT2D eigenvalue weighted by Gasteiger charge is -2.28. The minimum Gasteiger partial charge on any atom is -0.310 e. The van der Waals surface area contributed by atoms with E-state index in [0.29, 0.717) is 0 Å². The van der Waals surface area contributed by atoms with Gasteiger partial charge in [0.25, 0.3) is 0 Å². The number of fused-ring (bicyclic) bond motifs is 9. The Morgan fingerprint density at radius 1 is 0.265 bits per heavy atom. The van der Waals surface area contributed by atoms with Gasteiger partial charge in [-0.1, -0.05) is 250 Å². The first-order chi connectivity index (χ1) is 40.9. The Hall–Kier alpha value is -10.5. The third-order valence-electron chi connectivity index (χ3n) is 17.8. The SMILES string of the molecule is CC1(C)c2ccccc2-c2ccc(N(c3ccc(-c4ccccc4)cc3)c3ccc(-c4ccc5c(c4)c4ccccc4n5-c4cccc(-c5ccc(-c6cccc7ccccc67)c6c(-c7cccc8ccccc78)cccc56)c4)cc3)cc21. The first kappa shape index (κ1) is 48.4. The van der Waals surface area contributed by atoms with Gasteiger partial charge >= 0.3 is 0 Å². The quantitative estimate of drug-likeness (QED) is 0.140. The van der Waals surface area contributed by atoms with Crippen LogP contribution in [0.25, 0.3) is 127 Å². The Kier molecular flexibility index (Phi) is 11.3. The zero-order valence-electron chi connectivity index (χ0n) is 46.3. The molecule has 1 aliphatic carbocycles. The lowest BCUT2D eigenvalue weighted by atomic mass is 9.82. The molecule has 0 radical (unpaired) electrons. The van der Waals surface area contributed by atoms with Crippen LogP contribution in [0.2, 0.25) is 0 Å². The van der Waals surface area contributed by atoms with Gasteiger partial charge in [-0.15, -0.1) is 0 Å². The van der Waals surface area contributed by atoms with Crippen molar-refractivity contribution in [3.63, 3.8) is 0 Å². The van der Waals surface area contributed by atoms with E-state index >= 15 is 0 Å². The van der Waals surface area contributed by atoms with Gasteiger partial charge in [0, 0.05) is 38.9 Å². The zero-order valence-corrected chi connectivity index (χ0v) is 46.3. The lowest BCUT2D eigenvalue weighted by molar-refractivity contribution is 0.660. The summed E-state index contributed by atoms with van der Waals surface area (Å²) in [5.41, 5.74) is 24.1. The van der Waals surface area contributed by atoms with Gasteiger partial charge in [0.2, 0.25) is 0 Å². The van der Waals surface area contributed by atoms with Crippen LogP contribution in [-0.2, 0) is 5.41 Å². The van der Waals surface area contributed by atoms with E-state index in [0.717, 1.165) is 22.7 Å². The van der Waals surface area contributed by atoms with Gasteiger partial charge < -0.3 is 9.47 Å².